The molecule has 0 aliphatic heterocycles. The van der Waals surface area contributed by atoms with Gasteiger partial charge in [-0.25, -0.2) is 0 Å². The molecule has 0 aliphatic carbocycles. The van der Waals surface area contributed by atoms with Crippen molar-refractivity contribution in [3.63, 3.8) is 0 Å². The molecular formula is C20H26N2O2. The maximum Gasteiger partial charge on any atom is 0.244 e. The van der Waals surface area contributed by atoms with E-state index in [1.54, 1.807) is 6.92 Å². The van der Waals surface area contributed by atoms with Gasteiger partial charge in [0.05, 0.1) is 6.61 Å². The number of benzene rings is 2. The monoisotopic (exact) mass is 326 g/mol. The second-order valence-electron chi connectivity index (χ2n) is 6.03. The molecule has 0 aliphatic rings. The van der Waals surface area contributed by atoms with Gasteiger partial charge in [0.1, 0.15) is 5.54 Å². The standard InChI is InChI=1S/C20H26N2O2/c1-20(21,18-11-6-3-7-12-18)19(23)22-14-8-15-24-16-13-17-9-4-2-5-10-17/h2-7,9-12H,8,13-16,21H2,1H3,(H,22,23). The van der Waals surface area contributed by atoms with Crippen molar-refractivity contribution in [2.24, 2.45) is 5.73 Å². The van der Waals surface area contributed by atoms with Gasteiger partial charge in [-0.1, -0.05) is 60.7 Å². The van der Waals surface area contributed by atoms with Crippen molar-refractivity contribution in [1.29, 1.82) is 0 Å². The van der Waals surface area contributed by atoms with Gasteiger partial charge >= 0.3 is 0 Å². The number of carbonyl (C=O) groups is 1. The van der Waals surface area contributed by atoms with Crippen LogP contribution < -0.4 is 11.1 Å². The number of hydrogen-bond acceptors (Lipinski definition) is 3. The summed E-state index contributed by atoms with van der Waals surface area (Å²) in [6.07, 6.45) is 1.67. The van der Waals surface area contributed by atoms with E-state index in [2.05, 4.69) is 17.4 Å². The van der Waals surface area contributed by atoms with E-state index in [-0.39, 0.29) is 5.91 Å². The van der Waals surface area contributed by atoms with Crippen LogP contribution in [-0.2, 0) is 21.5 Å². The molecule has 2 rings (SSSR count). The Hall–Kier alpha value is -2.17. The second-order valence-corrected chi connectivity index (χ2v) is 6.03. The van der Waals surface area contributed by atoms with Crippen molar-refractivity contribution >= 4 is 5.91 Å². The average molecular weight is 326 g/mol. The fourth-order valence-corrected chi connectivity index (χ4v) is 2.41. The zero-order valence-corrected chi connectivity index (χ0v) is 14.2. The van der Waals surface area contributed by atoms with Gasteiger partial charge in [-0.2, -0.15) is 0 Å². The summed E-state index contributed by atoms with van der Waals surface area (Å²) in [5.41, 5.74) is 7.22. The van der Waals surface area contributed by atoms with Gasteiger partial charge in [-0.05, 0) is 30.9 Å². The summed E-state index contributed by atoms with van der Waals surface area (Å²) in [7, 11) is 0. The summed E-state index contributed by atoms with van der Waals surface area (Å²) in [6.45, 7) is 3.61. The molecule has 128 valence electrons. The first kappa shape index (κ1) is 18.2. The Balaban J connectivity index is 1.61. The first-order valence-corrected chi connectivity index (χ1v) is 8.35. The molecule has 24 heavy (non-hydrogen) atoms. The Labute approximate surface area is 144 Å². The lowest BCUT2D eigenvalue weighted by atomic mass is 9.92. The molecule has 1 atom stereocenters. The van der Waals surface area contributed by atoms with Crippen LogP contribution in [0.2, 0.25) is 0 Å². The Morgan fingerprint density at radius 3 is 2.33 bits per heavy atom. The van der Waals surface area contributed by atoms with Crippen LogP contribution in [0.5, 0.6) is 0 Å². The Kier molecular flexibility index (Phi) is 6.97. The van der Waals surface area contributed by atoms with E-state index in [0.717, 1.165) is 18.4 Å². The van der Waals surface area contributed by atoms with Crippen LogP contribution in [0.25, 0.3) is 0 Å². The normalized spacial score (nSPS) is 13.2. The molecule has 1 amide bonds. The fourth-order valence-electron chi connectivity index (χ4n) is 2.41. The molecule has 2 aromatic rings. The van der Waals surface area contributed by atoms with Crippen molar-refractivity contribution in [1.82, 2.24) is 5.32 Å². The highest BCUT2D eigenvalue weighted by molar-refractivity contribution is 5.86. The molecule has 0 saturated heterocycles. The molecule has 4 nitrogen and oxygen atoms in total. The number of nitrogens with one attached hydrogen (secondary N) is 1. The van der Waals surface area contributed by atoms with E-state index in [1.807, 2.05) is 48.5 Å². The highest BCUT2D eigenvalue weighted by Crippen LogP contribution is 2.17. The van der Waals surface area contributed by atoms with Crippen molar-refractivity contribution in [3.8, 4) is 0 Å². The molecule has 4 heteroatoms. The van der Waals surface area contributed by atoms with Gasteiger partial charge in [0.25, 0.3) is 0 Å². The van der Waals surface area contributed by atoms with Crippen LogP contribution in [0.15, 0.2) is 60.7 Å². The summed E-state index contributed by atoms with van der Waals surface area (Å²) in [6, 6.07) is 19.7. The topological polar surface area (TPSA) is 64.4 Å². The Morgan fingerprint density at radius 1 is 1.04 bits per heavy atom. The number of nitrogens with two attached hydrogens (primary N) is 1. The van der Waals surface area contributed by atoms with Crippen molar-refractivity contribution in [3.05, 3.63) is 71.8 Å². The first-order valence-electron chi connectivity index (χ1n) is 8.35. The van der Waals surface area contributed by atoms with E-state index >= 15 is 0 Å². The maximum atomic E-state index is 12.3. The highest BCUT2D eigenvalue weighted by atomic mass is 16.5. The lowest BCUT2D eigenvalue weighted by Crippen LogP contribution is -2.49. The maximum absolute atomic E-state index is 12.3. The minimum absolute atomic E-state index is 0.169. The number of rotatable bonds is 9. The van der Waals surface area contributed by atoms with Gasteiger partial charge in [-0.3, -0.25) is 4.79 Å². The summed E-state index contributed by atoms with van der Waals surface area (Å²) < 4.78 is 5.61. The molecule has 0 heterocycles. The lowest BCUT2D eigenvalue weighted by molar-refractivity contribution is -0.126. The number of carbonyl (C=O) groups excluding carboxylic acids is 1. The third-order valence-electron chi connectivity index (χ3n) is 3.97. The van der Waals surface area contributed by atoms with Gasteiger partial charge in [0, 0.05) is 13.2 Å². The molecule has 0 aromatic heterocycles. The predicted molar refractivity (Wildman–Crippen MR) is 96.6 cm³/mol. The number of ether oxygens (including phenoxy) is 1. The minimum atomic E-state index is -1.02. The minimum Gasteiger partial charge on any atom is -0.381 e. The van der Waals surface area contributed by atoms with Crippen LogP contribution in [0.4, 0.5) is 0 Å². The molecular weight excluding hydrogens is 300 g/mol. The molecule has 0 fully saturated rings. The van der Waals surface area contributed by atoms with Crippen molar-refractivity contribution in [2.75, 3.05) is 19.8 Å². The molecule has 1 unspecified atom stereocenters. The van der Waals surface area contributed by atoms with E-state index in [4.69, 9.17) is 10.5 Å². The third-order valence-corrected chi connectivity index (χ3v) is 3.97. The van der Waals surface area contributed by atoms with Crippen molar-refractivity contribution < 1.29 is 9.53 Å². The Morgan fingerprint density at radius 2 is 1.67 bits per heavy atom. The predicted octanol–water partition coefficient (Wildman–Crippen LogP) is 2.63. The third kappa shape index (κ3) is 5.48. The summed E-state index contributed by atoms with van der Waals surface area (Å²) in [5, 5.41) is 2.89. The largest absolute Gasteiger partial charge is 0.381 e. The zero-order valence-electron chi connectivity index (χ0n) is 14.2. The summed E-state index contributed by atoms with van der Waals surface area (Å²) in [5.74, 6) is -0.169. The highest BCUT2D eigenvalue weighted by Gasteiger charge is 2.29. The molecule has 0 bridgehead atoms. The summed E-state index contributed by atoms with van der Waals surface area (Å²) in [4.78, 5) is 12.3. The smallest absolute Gasteiger partial charge is 0.244 e. The van der Waals surface area contributed by atoms with Gasteiger partial charge < -0.3 is 15.8 Å². The SMILES string of the molecule is CC(N)(C(=O)NCCCOCCc1ccccc1)c1ccccc1. The number of amides is 1. The van der Waals surface area contributed by atoms with Crippen LogP contribution in [0.1, 0.15) is 24.5 Å². The van der Waals surface area contributed by atoms with Crippen LogP contribution in [0, 0.1) is 0 Å². The van der Waals surface area contributed by atoms with E-state index < -0.39 is 5.54 Å². The average Bonchev–Trinajstić information content (AvgIpc) is 2.62. The molecule has 0 radical (unpaired) electrons. The first-order chi connectivity index (χ1) is 11.6. The van der Waals surface area contributed by atoms with E-state index in [1.165, 1.54) is 5.56 Å². The van der Waals surface area contributed by atoms with Crippen LogP contribution in [0.3, 0.4) is 0 Å². The lowest BCUT2D eigenvalue weighted by Gasteiger charge is -2.24. The Bertz CT molecular complexity index is 612. The van der Waals surface area contributed by atoms with Gasteiger partial charge in [0.2, 0.25) is 5.91 Å². The van der Waals surface area contributed by atoms with Gasteiger partial charge in [0.15, 0.2) is 0 Å². The van der Waals surface area contributed by atoms with E-state index in [9.17, 15) is 4.79 Å². The summed E-state index contributed by atoms with van der Waals surface area (Å²) >= 11 is 0. The molecule has 2 aromatic carbocycles. The molecule has 0 saturated carbocycles. The molecule has 0 spiro atoms. The quantitative estimate of drug-likeness (QED) is 0.696. The van der Waals surface area contributed by atoms with E-state index in [0.29, 0.717) is 19.8 Å². The van der Waals surface area contributed by atoms with Crippen molar-refractivity contribution in [2.45, 2.75) is 25.3 Å². The molecule has 3 N–H and O–H groups in total. The fraction of sp³-hybridized carbons (Fsp3) is 0.350. The second kappa shape index (κ2) is 9.21. The van der Waals surface area contributed by atoms with Crippen LogP contribution >= 0.6 is 0 Å². The van der Waals surface area contributed by atoms with Crippen LogP contribution in [-0.4, -0.2) is 25.7 Å². The van der Waals surface area contributed by atoms with Gasteiger partial charge in [-0.15, -0.1) is 0 Å². The number of hydrogen-bond donors (Lipinski definition) is 2. The zero-order chi connectivity index (χ0) is 17.3.